The molecule has 2 heterocycles. The summed E-state index contributed by atoms with van der Waals surface area (Å²) in [5, 5.41) is 0. The van der Waals surface area contributed by atoms with E-state index in [1.54, 1.807) is 0 Å². The van der Waals surface area contributed by atoms with Crippen molar-refractivity contribution in [2.45, 2.75) is 46.1 Å². The molecule has 1 amide bonds. The van der Waals surface area contributed by atoms with Crippen molar-refractivity contribution in [3.8, 4) is 0 Å². The van der Waals surface area contributed by atoms with Crippen LogP contribution in [-0.4, -0.2) is 41.9 Å². The van der Waals surface area contributed by atoms with Crippen molar-refractivity contribution in [1.82, 2.24) is 9.80 Å². The topological polar surface area (TPSA) is 23.6 Å². The molecule has 23 heavy (non-hydrogen) atoms. The molecule has 0 unspecified atom stereocenters. The lowest BCUT2D eigenvalue weighted by molar-refractivity contribution is -0.133. The Morgan fingerprint density at radius 1 is 1.13 bits per heavy atom. The summed E-state index contributed by atoms with van der Waals surface area (Å²) in [4.78, 5) is 17.3. The lowest BCUT2D eigenvalue weighted by atomic mass is 9.91. The highest BCUT2D eigenvalue weighted by molar-refractivity contribution is 5.76. The average molecular weight is 314 g/mol. The van der Waals surface area contributed by atoms with Crippen molar-refractivity contribution in [3.63, 3.8) is 0 Å². The third-order valence-corrected chi connectivity index (χ3v) is 5.28. The zero-order chi connectivity index (χ0) is 16.2. The van der Waals surface area contributed by atoms with Crippen molar-refractivity contribution < 1.29 is 4.79 Å². The zero-order valence-corrected chi connectivity index (χ0v) is 14.6. The van der Waals surface area contributed by atoms with Crippen LogP contribution in [0.4, 0.5) is 0 Å². The minimum atomic E-state index is 0.363. The molecule has 0 saturated carbocycles. The van der Waals surface area contributed by atoms with E-state index in [0.717, 1.165) is 31.8 Å². The van der Waals surface area contributed by atoms with Gasteiger partial charge in [0.05, 0.1) is 0 Å². The maximum Gasteiger partial charge on any atom is 0.223 e. The standard InChI is InChI=1S/C20H30N2O/c1-16(2)14-21-10-7-17(8-11-21)13-20(23)22-12-9-18-5-3-4-6-19(18)15-22/h3-6,16-17H,7-15H2,1-2H3. The first-order chi connectivity index (χ1) is 11.1. The quantitative estimate of drug-likeness (QED) is 0.851. The molecule has 0 bridgehead atoms. The molecule has 0 atom stereocenters. The smallest absolute Gasteiger partial charge is 0.223 e. The predicted octanol–water partition coefficient (Wildman–Crippen LogP) is 3.33. The molecule has 3 rings (SSSR count). The lowest BCUT2D eigenvalue weighted by Crippen LogP contribution is -2.40. The summed E-state index contributed by atoms with van der Waals surface area (Å²) in [6.07, 6.45) is 4.12. The number of nitrogens with zero attached hydrogens (tertiary/aromatic N) is 2. The fourth-order valence-corrected chi connectivity index (χ4v) is 3.97. The second-order valence-electron chi connectivity index (χ2n) is 7.68. The molecule has 0 aliphatic carbocycles. The Morgan fingerprint density at radius 2 is 1.83 bits per heavy atom. The molecule has 2 aliphatic rings. The summed E-state index contributed by atoms with van der Waals surface area (Å²) in [7, 11) is 0. The molecule has 2 aliphatic heterocycles. The van der Waals surface area contributed by atoms with Gasteiger partial charge < -0.3 is 9.80 Å². The second-order valence-corrected chi connectivity index (χ2v) is 7.68. The van der Waals surface area contributed by atoms with Crippen molar-refractivity contribution >= 4 is 5.91 Å². The molecule has 0 spiro atoms. The van der Waals surface area contributed by atoms with E-state index in [0.29, 0.717) is 11.8 Å². The third-order valence-electron chi connectivity index (χ3n) is 5.28. The number of fused-ring (bicyclic) bond motifs is 1. The lowest BCUT2D eigenvalue weighted by Gasteiger charge is -2.34. The Kier molecular flexibility index (Phi) is 5.37. The highest BCUT2D eigenvalue weighted by atomic mass is 16.2. The van der Waals surface area contributed by atoms with Crippen LogP contribution in [0, 0.1) is 11.8 Å². The number of likely N-dealkylation sites (tertiary alicyclic amines) is 1. The summed E-state index contributed by atoms with van der Waals surface area (Å²) in [6.45, 7) is 9.79. The molecule has 3 heteroatoms. The minimum Gasteiger partial charge on any atom is -0.338 e. The van der Waals surface area contributed by atoms with Gasteiger partial charge >= 0.3 is 0 Å². The molecular formula is C20H30N2O. The highest BCUT2D eigenvalue weighted by Gasteiger charge is 2.26. The van der Waals surface area contributed by atoms with Gasteiger partial charge in [0, 0.05) is 26.1 Å². The largest absolute Gasteiger partial charge is 0.338 e. The first-order valence-electron chi connectivity index (χ1n) is 9.18. The van der Waals surface area contributed by atoms with E-state index in [1.165, 1.54) is 43.6 Å². The minimum absolute atomic E-state index is 0.363. The highest BCUT2D eigenvalue weighted by Crippen LogP contribution is 2.24. The van der Waals surface area contributed by atoms with Crippen molar-refractivity contribution in [3.05, 3.63) is 35.4 Å². The van der Waals surface area contributed by atoms with Gasteiger partial charge in [-0.25, -0.2) is 0 Å². The number of carbonyl (C=O) groups is 1. The zero-order valence-electron chi connectivity index (χ0n) is 14.6. The maximum atomic E-state index is 12.6. The van der Waals surface area contributed by atoms with E-state index in [9.17, 15) is 4.79 Å². The van der Waals surface area contributed by atoms with Gasteiger partial charge in [0.2, 0.25) is 5.91 Å². The molecule has 1 aromatic rings. The molecule has 0 aromatic heterocycles. The van der Waals surface area contributed by atoms with Gasteiger partial charge in [0.1, 0.15) is 0 Å². The number of hydrogen-bond acceptors (Lipinski definition) is 2. The fraction of sp³-hybridized carbons (Fsp3) is 0.650. The predicted molar refractivity (Wildman–Crippen MR) is 94.2 cm³/mol. The molecule has 1 saturated heterocycles. The third kappa shape index (κ3) is 4.35. The van der Waals surface area contributed by atoms with Crippen LogP contribution in [0.15, 0.2) is 24.3 Å². The van der Waals surface area contributed by atoms with Gasteiger partial charge in [-0.05, 0) is 55.3 Å². The van der Waals surface area contributed by atoms with E-state index in [-0.39, 0.29) is 0 Å². The molecular weight excluding hydrogens is 284 g/mol. The molecule has 0 N–H and O–H groups in total. The van der Waals surface area contributed by atoms with Gasteiger partial charge in [-0.15, -0.1) is 0 Å². The van der Waals surface area contributed by atoms with Crippen LogP contribution >= 0.6 is 0 Å². The Hall–Kier alpha value is -1.35. The van der Waals surface area contributed by atoms with Crippen molar-refractivity contribution in [2.24, 2.45) is 11.8 Å². The van der Waals surface area contributed by atoms with Crippen LogP contribution in [0.5, 0.6) is 0 Å². The van der Waals surface area contributed by atoms with Gasteiger partial charge in [-0.2, -0.15) is 0 Å². The summed E-state index contributed by atoms with van der Waals surface area (Å²) >= 11 is 0. The van der Waals surface area contributed by atoms with Crippen LogP contribution in [0.2, 0.25) is 0 Å². The summed E-state index contributed by atoms with van der Waals surface area (Å²) in [5.41, 5.74) is 2.75. The number of piperidine rings is 1. The molecule has 1 fully saturated rings. The van der Waals surface area contributed by atoms with Crippen LogP contribution in [0.25, 0.3) is 0 Å². The second kappa shape index (κ2) is 7.48. The normalized spacial score (nSPS) is 19.9. The number of benzene rings is 1. The molecule has 1 aromatic carbocycles. The Morgan fingerprint density at radius 3 is 2.52 bits per heavy atom. The Bertz CT molecular complexity index is 532. The average Bonchev–Trinajstić information content (AvgIpc) is 2.55. The monoisotopic (exact) mass is 314 g/mol. The first kappa shape index (κ1) is 16.5. The van der Waals surface area contributed by atoms with E-state index >= 15 is 0 Å². The Labute approximate surface area is 140 Å². The first-order valence-corrected chi connectivity index (χ1v) is 9.18. The van der Waals surface area contributed by atoms with Gasteiger partial charge in [0.25, 0.3) is 0 Å². The molecule has 0 radical (unpaired) electrons. The molecule has 3 nitrogen and oxygen atoms in total. The van der Waals surface area contributed by atoms with E-state index in [4.69, 9.17) is 0 Å². The van der Waals surface area contributed by atoms with Crippen LogP contribution in [0.1, 0.15) is 44.2 Å². The number of rotatable bonds is 4. The fourth-order valence-electron chi connectivity index (χ4n) is 3.97. The van der Waals surface area contributed by atoms with Crippen molar-refractivity contribution in [2.75, 3.05) is 26.2 Å². The van der Waals surface area contributed by atoms with E-state index in [2.05, 4.69) is 47.9 Å². The van der Waals surface area contributed by atoms with Crippen LogP contribution in [-0.2, 0) is 17.8 Å². The molecule has 126 valence electrons. The van der Waals surface area contributed by atoms with Gasteiger partial charge in [-0.3, -0.25) is 4.79 Å². The van der Waals surface area contributed by atoms with Gasteiger partial charge in [-0.1, -0.05) is 38.1 Å². The van der Waals surface area contributed by atoms with Gasteiger partial charge in [0.15, 0.2) is 0 Å². The summed E-state index contributed by atoms with van der Waals surface area (Å²) in [5.74, 6) is 1.69. The van der Waals surface area contributed by atoms with E-state index < -0.39 is 0 Å². The summed E-state index contributed by atoms with van der Waals surface area (Å²) < 4.78 is 0. The summed E-state index contributed by atoms with van der Waals surface area (Å²) in [6, 6.07) is 8.54. The Balaban J connectivity index is 1.47. The SMILES string of the molecule is CC(C)CN1CCC(CC(=O)N2CCc3ccccc3C2)CC1. The number of carbonyl (C=O) groups excluding carboxylic acids is 1. The number of hydrogen-bond donors (Lipinski definition) is 0. The van der Waals surface area contributed by atoms with E-state index in [1.807, 2.05) is 0 Å². The van der Waals surface area contributed by atoms with Crippen LogP contribution < -0.4 is 0 Å². The maximum absolute atomic E-state index is 12.6. The number of amides is 1. The van der Waals surface area contributed by atoms with Crippen molar-refractivity contribution in [1.29, 1.82) is 0 Å². The van der Waals surface area contributed by atoms with Crippen LogP contribution in [0.3, 0.4) is 0 Å².